The van der Waals surface area contributed by atoms with Gasteiger partial charge < -0.3 is 17.7 Å². The minimum absolute atomic E-state index is 0.353. The first kappa shape index (κ1) is 34.4. The monoisotopic (exact) mass is 570 g/mol. The van der Waals surface area contributed by atoms with Gasteiger partial charge in [-0.3, -0.25) is 9.13 Å². The van der Waals surface area contributed by atoms with Crippen LogP contribution in [0.3, 0.4) is 0 Å². The first-order valence-corrected chi connectivity index (χ1v) is 26.0. The Bertz CT molecular complexity index is 768. The molecular weight excluding hydrogens is 518 g/mol. The summed E-state index contributed by atoms with van der Waals surface area (Å²) in [5.74, 6) is 0. The highest BCUT2D eigenvalue weighted by atomic mass is 31.2. The van der Waals surface area contributed by atoms with E-state index in [2.05, 4.69) is 32.9 Å². The molecule has 11 heteroatoms. The molecule has 2 atom stereocenters. The van der Waals surface area contributed by atoms with Gasteiger partial charge in [-0.2, -0.15) is 0 Å². The van der Waals surface area contributed by atoms with Gasteiger partial charge in [0, 0.05) is 0 Å². The van der Waals surface area contributed by atoms with Crippen molar-refractivity contribution in [3.05, 3.63) is 23.3 Å². The Morgan fingerprint density at radius 3 is 1.65 bits per heavy atom. The van der Waals surface area contributed by atoms with Gasteiger partial charge in [-0.15, -0.1) is 0 Å². The van der Waals surface area contributed by atoms with Gasteiger partial charge in [0.2, 0.25) is 7.37 Å². The smallest absolute Gasteiger partial charge is 0.324 e. The Kier molecular flexibility index (Phi) is 14.0. The maximum Gasteiger partial charge on any atom is 0.324 e. The molecule has 0 aliphatic carbocycles. The van der Waals surface area contributed by atoms with E-state index >= 15 is 0 Å². The molecule has 0 aromatic rings. The van der Waals surface area contributed by atoms with Crippen LogP contribution in [0.4, 0.5) is 0 Å². The molecule has 0 spiro atoms. The third kappa shape index (κ3) is 14.9. The molecule has 0 aliphatic heterocycles. The maximum atomic E-state index is 14.4. The SMILES string of the molecule is CC(C)=CCC/C(C)=C/CCCC(P(=O)(CO)O[Si](C)(C)C)P(=O)(O[Si](C)(C)C)O[Si](C)(C)C. The van der Waals surface area contributed by atoms with Crippen LogP contribution in [0.2, 0.25) is 58.9 Å². The van der Waals surface area contributed by atoms with Gasteiger partial charge in [-0.1, -0.05) is 23.3 Å². The summed E-state index contributed by atoms with van der Waals surface area (Å²) in [4.78, 5) is 0. The topological polar surface area (TPSA) is 82.1 Å². The molecule has 0 radical (unpaired) electrons. The molecule has 0 aliphatic rings. The average Bonchev–Trinajstić information content (AvgIpc) is 2.55. The minimum Gasteiger partial charge on any atom is -0.386 e. The zero-order chi connectivity index (χ0) is 27.0. The van der Waals surface area contributed by atoms with E-state index in [-0.39, 0.29) is 0 Å². The summed E-state index contributed by atoms with van der Waals surface area (Å²) in [6.07, 6.45) is 7.57. The molecule has 0 saturated carbocycles. The first-order valence-electron chi connectivity index (χ1n) is 12.3. The second kappa shape index (κ2) is 13.8. The molecule has 0 bridgehead atoms. The number of hydrogen-bond acceptors (Lipinski definition) is 6. The van der Waals surface area contributed by atoms with Crippen molar-refractivity contribution >= 4 is 39.9 Å². The van der Waals surface area contributed by atoms with Crippen LogP contribution in [0, 0.1) is 0 Å². The lowest BCUT2D eigenvalue weighted by molar-refractivity contribution is 0.325. The predicted octanol–water partition coefficient (Wildman–Crippen LogP) is 9.15. The maximum absolute atomic E-state index is 14.4. The van der Waals surface area contributed by atoms with Crippen LogP contribution in [-0.4, -0.2) is 41.8 Å². The molecule has 0 aromatic carbocycles. The predicted molar refractivity (Wildman–Crippen MR) is 156 cm³/mol. The number of hydrogen-bond donors (Lipinski definition) is 1. The van der Waals surface area contributed by atoms with Crippen molar-refractivity contribution in [3.63, 3.8) is 0 Å². The van der Waals surface area contributed by atoms with Gasteiger partial charge in [0.15, 0.2) is 25.0 Å². The molecule has 0 saturated heterocycles. The summed E-state index contributed by atoms with van der Waals surface area (Å²) in [6.45, 7) is 23.8. The molecule has 202 valence electrons. The second-order valence-electron chi connectivity index (χ2n) is 12.3. The van der Waals surface area contributed by atoms with Crippen LogP contribution >= 0.6 is 15.0 Å². The van der Waals surface area contributed by atoms with Crippen LogP contribution in [0.15, 0.2) is 23.3 Å². The van der Waals surface area contributed by atoms with Crippen molar-refractivity contribution in [3.8, 4) is 0 Å². The van der Waals surface area contributed by atoms with Crippen LogP contribution in [-0.2, 0) is 21.8 Å². The fraction of sp³-hybridized carbons (Fsp3) is 0.826. The zero-order valence-corrected chi connectivity index (χ0v) is 28.6. The second-order valence-corrected chi connectivity index (χ2v) is 31.6. The molecule has 0 amide bonds. The van der Waals surface area contributed by atoms with Crippen molar-refractivity contribution < 1.29 is 26.9 Å². The molecule has 6 nitrogen and oxygen atoms in total. The highest BCUT2D eigenvalue weighted by molar-refractivity contribution is 7.76. The number of unbranched alkanes of at least 4 members (excludes halogenated alkanes) is 1. The molecular formula is C23H52O6P2Si3. The van der Waals surface area contributed by atoms with E-state index in [0.717, 1.165) is 19.3 Å². The normalized spacial score (nSPS) is 16.8. The van der Waals surface area contributed by atoms with Gasteiger partial charge in [0.05, 0.1) is 0 Å². The van der Waals surface area contributed by atoms with Gasteiger partial charge in [-0.05, 0) is 112 Å². The van der Waals surface area contributed by atoms with E-state index in [1.54, 1.807) is 0 Å². The molecule has 0 heterocycles. The summed E-state index contributed by atoms with van der Waals surface area (Å²) < 4.78 is 47.0. The Morgan fingerprint density at radius 2 is 1.26 bits per heavy atom. The Hall–Kier alpha value is 0.431. The third-order valence-corrected chi connectivity index (χ3v) is 18.8. The minimum atomic E-state index is -3.82. The van der Waals surface area contributed by atoms with Gasteiger partial charge >= 0.3 is 7.60 Å². The zero-order valence-electron chi connectivity index (χ0n) is 23.9. The lowest BCUT2D eigenvalue weighted by Crippen LogP contribution is -2.35. The molecule has 0 aromatic heterocycles. The van der Waals surface area contributed by atoms with Crippen LogP contribution in [0.25, 0.3) is 0 Å². The van der Waals surface area contributed by atoms with Crippen molar-refractivity contribution in [2.75, 3.05) is 6.35 Å². The molecule has 34 heavy (non-hydrogen) atoms. The van der Waals surface area contributed by atoms with Crippen molar-refractivity contribution in [2.45, 2.75) is 117 Å². The fourth-order valence-corrected chi connectivity index (χ4v) is 19.9. The van der Waals surface area contributed by atoms with Crippen molar-refractivity contribution in [1.29, 1.82) is 0 Å². The Balaban J connectivity index is 6.05. The van der Waals surface area contributed by atoms with Crippen molar-refractivity contribution in [1.82, 2.24) is 0 Å². The standard InChI is InChI=1S/C23H52O6P2Si3/c1-21(2)16-15-18-22(3)17-13-14-19-23(30(25,20-24)27-32(4,5)6)31(26,28-33(7,8)9)29-34(10,11)12/h16-17,23-24H,13-15,18-20H2,1-12H3/b22-17+. The van der Waals surface area contributed by atoms with Gasteiger partial charge in [0.25, 0.3) is 0 Å². The quantitative estimate of drug-likeness (QED) is 0.0862. The van der Waals surface area contributed by atoms with Crippen molar-refractivity contribution in [2.24, 2.45) is 0 Å². The summed E-state index contributed by atoms with van der Waals surface area (Å²) in [6, 6.07) is 0. The Labute approximate surface area is 213 Å². The van der Waals surface area contributed by atoms with E-state index in [0.29, 0.717) is 12.8 Å². The average molecular weight is 571 g/mol. The largest absolute Gasteiger partial charge is 0.386 e. The Morgan fingerprint density at radius 1 is 0.794 bits per heavy atom. The lowest BCUT2D eigenvalue weighted by Gasteiger charge is -2.39. The van der Waals surface area contributed by atoms with Crippen LogP contribution < -0.4 is 0 Å². The number of aliphatic hydroxyl groups is 1. The van der Waals surface area contributed by atoms with Crippen LogP contribution in [0.1, 0.15) is 52.9 Å². The summed E-state index contributed by atoms with van der Waals surface area (Å²) >= 11 is 0. The lowest BCUT2D eigenvalue weighted by atomic mass is 10.1. The molecule has 0 rings (SSSR count). The molecule has 0 fully saturated rings. The van der Waals surface area contributed by atoms with E-state index in [4.69, 9.17) is 12.6 Å². The fourth-order valence-electron chi connectivity index (χ4n) is 3.46. The van der Waals surface area contributed by atoms with Gasteiger partial charge in [0.1, 0.15) is 11.7 Å². The van der Waals surface area contributed by atoms with Crippen LogP contribution in [0.5, 0.6) is 0 Å². The van der Waals surface area contributed by atoms with E-state index in [1.165, 1.54) is 11.1 Å². The summed E-state index contributed by atoms with van der Waals surface area (Å²) in [7, 11) is -14.5. The van der Waals surface area contributed by atoms with Gasteiger partial charge in [-0.25, -0.2) is 0 Å². The molecule has 1 N–H and O–H groups in total. The molecule has 2 unspecified atom stereocenters. The van der Waals surface area contributed by atoms with E-state index in [9.17, 15) is 14.2 Å². The highest BCUT2D eigenvalue weighted by Gasteiger charge is 2.53. The summed E-state index contributed by atoms with van der Waals surface area (Å²) in [5.41, 5.74) is 2.62. The highest BCUT2D eigenvalue weighted by Crippen LogP contribution is 2.73. The first-order chi connectivity index (χ1) is 15.1. The summed E-state index contributed by atoms with van der Waals surface area (Å²) in [5, 5.41) is 9.31. The van der Waals surface area contributed by atoms with E-state index < -0.39 is 51.7 Å². The number of allylic oxidation sites excluding steroid dienone is 4. The number of rotatable bonds is 16. The number of aliphatic hydroxyl groups excluding tert-OH is 1. The van der Waals surface area contributed by atoms with E-state index in [1.807, 2.05) is 58.9 Å². The third-order valence-electron chi connectivity index (χ3n) is 4.50.